The highest BCUT2D eigenvalue weighted by Crippen LogP contribution is 1.88. The molecule has 0 saturated heterocycles. The number of hydrogen-bond acceptors (Lipinski definition) is 2. The van der Waals surface area contributed by atoms with Crippen LogP contribution in [-0.4, -0.2) is 21.4 Å². The van der Waals surface area contributed by atoms with E-state index in [2.05, 4.69) is 11.2 Å². The highest BCUT2D eigenvalue weighted by molar-refractivity contribution is 6.17. The van der Waals surface area contributed by atoms with Gasteiger partial charge in [-0.05, 0) is 12.8 Å². The molecule has 0 saturated carbocycles. The van der Waals surface area contributed by atoms with Gasteiger partial charge >= 0.3 is 7.69 Å². The van der Waals surface area contributed by atoms with Gasteiger partial charge in [-0.25, -0.2) is 0 Å². The van der Waals surface area contributed by atoms with Crippen LogP contribution in [-0.2, 0) is 9.31 Å². The van der Waals surface area contributed by atoms with Crippen molar-refractivity contribution in [3.8, 4) is 0 Å². The predicted molar refractivity (Wildman–Crippen MR) is 38.1 cm³/mol. The Morgan fingerprint density at radius 2 is 2.44 bits per heavy atom. The third kappa shape index (κ3) is 7.72. The largest absolute Gasteiger partial charge is 0.487 e. The fraction of sp³-hybridized carbons (Fsp3) is 0.667. The van der Waals surface area contributed by atoms with Crippen LogP contribution in [0.1, 0.15) is 12.8 Å². The first-order valence-corrected chi connectivity index (χ1v) is 2.98. The fourth-order valence-electron chi connectivity index (χ4n) is 0.427. The number of rotatable bonds is 6. The summed E-state index contributed by atoms with van der Waals surface area (Å²) < 4.78 is 9.44. The van der Waals surface area contributed by atoms with Crippen LogP contribution in [0.15, 0.2) is 12.7 Å². The van der Waals surface area contributed by atoms with Gasteiger partial charge in [0.25, 0.3) is 0 Å². The summed E-state index contributed by atoms with van der Waals surface area (Å²) in [5.74, 6) is 0. The number of hydrogen-bond donors (Lipinski definition) is 0. The van der Waals surface area contributed by atoms with E-state index < -0.39 is 0 Å². The first kappa shape index (κ1) is 8.72. The van der Waals surface area contributed by atoms with E-state index in [0.29, 0.717) is 6.61 Å². The Labute approximate surface area is 57.2 Å². The van der Waals surface area contributed by atoms with Crippen molar-refractivity contribution in [1.82, 2.24) is 0 Å². The summed E-state index contributed by atoms with van der Waals surface area (Å²) in [5, 5.41) is 0. The van der Waals surface area contributed by atoms with E-state index >= 15 is 0 Å². The van der Waals surface area contributed by atoms with Gasteiger partial charge in [0.2, 0.25) is 0 Å². The van der Waals surface area contributed by atoms with Crippen molar-refractivity contribution in [1.29, 1.82) is 0 Å². The third-order valence-corrected chi connectivity index (χ3v) is 0.835. The zero-order chi connectivity index (χ0) is 6.95. The van der Waals surface area contributed by atoms with Gasteiger partial charge in [0.15, 0.2) is 0 Å². The van der Waals surface area contributed by atoms with Gasteiger partial charge in [-0.2, -0.15) is 0 Å². The molecule has 0 N–H and O–H groups in total. The van der Waals surface area contributed by atoms with Gasteiger partial charge in [0.05, 0.1) is 0 Å². The summed E-state index contributed by atoms with van der Waals surface area (Å²) >= 11 is 0. The molecule has 2 nitrogen and oxygen atoms in total. The van der Waals surface area contributed by atoms with Gasteiger partial charge in [0.1, 0.15) is 0 Å². The summed E-state index contributed by atoms with van der Waals surface area (Å²) in [4.78, 5) is 0. The van der Waals surface area contributed by atoms with Crippen molar-refractivity contribution in [2.75, 3.05) is 13.7 Å². The van der Waals surface area contributed by atoms with Crippen LogP contribution in [0.5, 0.6) is 0 Å². The van der Waals surface area contributed by atoms with Gasteiger partial charge < -0.3 is 9.31 Å². The molecular weight excluding hydrogens is 115 g/mol. The SMILES string of the molecule is C=CCCCO[B]OC. The van der Waals surface area contributed by atoms with Crippen molar-refractivity contribution in [2.45, 2.75) is 12.8 Å². The Morgan fingerprint density at radius 1 is 1.67 bits per heavy atom. The van der Waals surface area contributed by atoms with E-state index in [1.807, 2.05) is 6.08 Å². The molecule has 0 amide bonds. The Kier molecular flexibility index (Phi) is 7.49. The lowest BCUT2D eigenvalue weighted by molar-refractivity contribution is 0.253. The first-order chi connectivity index (χ1) is 4.41. The second-order valence-corrected chi connectivity index (χ2v) is 1.63. The molecule has 0 rings (SSSR count). The first-order valence-electron chi connectivity index (χ1n) is 2.98. The van der Waals surface area contributed by atoms with Crippen molar-refractivity contribution in [2.24, 2.45) is 0 Å². The lowest BCUT2D eigenvalue weighted by Crippen LogP contribution is -2.01. The zero-order valence-corrected chi connectivity index (χ0v) is 5.80. The third-order valence-electron chi connectivity index (χ3n) is 0.835. The van der Waals surface area contributed by atoms with E-state index in [0.717, 1.165) is 12.8 Å². The Hall–Kier alpha value is -0.275. The second-order valence-electron chi connectivity index (χ2n) is 1.63. The van der Waals surface area contributed by atoms with Crippen LogP contribution >= 0.6 is 0 Å². The normalized spacial score (nSPS) is 9.00. The van der Waals surface area contributed by atoms with E-state index in [-0.39, 0.29) is 0 Å². The van der Waals surface area contributed by atoms with Crippen LogP contribution in [0.4, 0.5) is 0 Å². The maximum atomic E-state index is 4.89. The monoisotopic (exact) mass is 127 g/mol. The second kappa shape index (κ2) is 7.72. The van der Waals surface area contributed by atoms with Crippen LogP contribution in [0.2, 0.25) is 0 Å². The standard InChI is InChI=1S/C6H12BO2/c1-3-4-5-6-9-7-8-2/h3H,1,4-6H2,2H3. The fourth-order valence-corrected chi connectivity index (χ4v) is 0.427. The molecule has 0 fully saturated rings. The highest BCUT2D eigenvalue weighted by Gasteiger charge is 1.87. The summed E-state index contributed by atoms with van der Waals surface area (Å²) in [6, 6.07) is 0. The number of unbranched alkanes of at least 4 members (excludes halogenated alkanes) is 1. The molecule has 0 aliphatic rings. The van der Waals surface area contributed by atoms with Gasteiger partial charge in [-0.15, -0.1) is 6.58 Å². The van der Waals surface area contributed by atoms with Crippen LogP contribution < -0.4 is 0 Å². The van der Waals surface area contributed by atoms with Crippen molar-refractivity contribution >= 4 is 7.69 Å². The Balaban J connectivity index is 2.66. The molecule has 0 atom stereocenters. The van der Waals surface area contributed by atoms with E-state index in [1.54, 1.807) is 7.11 Å². The molecule has 0 unspecified atom stereocenters. The summed E-state index contributed by atoms with van der Waals surface area (Å²) in [7, 11) is 2.90. The Bertz CT molecular complexity index is 66.1. The van der Waals surface area contributed by atoms with Crippen LogP contribution in [0.25, 0.3) is 0 Å². The lowest BCUT2D eigenvalue weighted by Gasteiger charge is -1.96. The maximum absolute atomic E-state index is 4.89. The average molecular weight is 127 g/mol. The Morgan fingerprint density at radius 3 is 3.00 bits per heavy atom. The van der Waals surface area contributed by atoms with Crippen LogP contribution in [0.3, 0.4) is 0 Å². The van der Waals surface area contributed by atoms with Crippen molar-refractivity contribution < 1.29 is 9.31 Å². The van der Waals surface area contributed by atoms with Crippen molar-refractivity contribution in [3.05, 3.63) is 12.7 Å². The molecule has 0 aliphatic carbocycles. The molecule has 0 aromatic rings. The minimum Gasteiger partial charge on any atom is -0.416 e. The lowest BCUT2D eigenvalue weighted by atomic mass is 10.3. The molecule has 3 heteroatoms. The van der Waals surface area contributed by atoms with E-state index in [4.69, 9.17) is 4.65 Å². The quantitative estimate of drug-likeness (QED) is 0.302. The molecule has 0 aromatic carbocycles. The zero-order valence-electron chi connectivity index (χ0n) is 5.80. The molecule has 9 heavy (non-hydrogen) atoms. The topological polar surface area (TPSA) is 18.5 Å². The minimum absolute atomic E-state index is 0.708. The molecule has 0 spiro atoms. The molecule has 0 aromatic heterocycles. The van der Waals surface area contributed by atoms with Gasteiger partial charge in [-0.3, -0.25) is 0 Å². The average Bonchev–Trinajstić information content (AvgIpc) is 1.89. The van der Waals surface area contributed by atoms with E-state index in [1.165, 1.54) is 7.69 Å². The molecular formula is C6H12BO2. The van der Waals surface area contributed by atoms with Crippen molar-refractivity contribution in [3.63, 3.8) is 0 Å². The molecule has 0 bridgehead atoms. The molecule has 0 heterocycles. The van der Waals surface area contributed by atoms with Gasteiger partial charge in [0, 0.05) is 13.7 Å². The summed E-state index contributed by atoms with van der Waals surface area (Å²) in [6.45, 7) is 4.29. The molecule has 0 aliphatic heterocycles. The van der Waals surface area contributed by atoms with Gasteiger partial charge in [-0.1, -0.05) is 6.08 Å². The highest BCUT2D eigenvalue weighted by atomic mass is 16.6. The molecule has 51 valence electrons. The van der Waals surface area contributed by atoms with Crippen LogP contribution in [0, 0.1) is 0 Å². The van der Waals surface area contributed by atoms with E-state index in [9.17, 15) is 0 Å². The maximum Gasteiger partial charge on any atom is 0.487 e. The summed E-state index contributed by atoms with van der Waals surface area (Å²) in [5.41, 5.74) is 0. The minimum atomic E-state index is 0.708. The smallest absolute Gasteiger partial charge is 0.416 e. The molecule has 1 radical (unpaired) electrons. The summed E-state index contributed by atoms with van der Waals surface area (Å²) in [6.07, 6.45) is 3.87. The predicted octanol–water partition coefficient (Wildman–Crippen LogP) is 1.15. The number of allylic oxidation sites excluding steroid dienone is 1.